The molecule has 1 saturated heterocycles. The van der Waals surface area contributed by atoms with Gasteiger partial charge in [-0.1, -0.05) is 31.8 Å². The highest BCUT2D eigenvalue weighted by Crippen LogP contribution is 2.12. The minimum Gasteiger partial charge on any atom is -0.350 e. The van der Waals surface area contributed by atoms with Crippen LogP contribution < -0.4 is 5.32 Å². The number of carbonyl (C=O) groups excluding carboxylic acids is 1. The van der Waals surface area contributed by atoms with Crippen LogP contribution in [0.4, 0.5) is 0 Å². The molecule has 1 unspecified atom stereocenters. The summed E-state index contributed by atoms with van der Waals surface area (Å²) in [6.07, 6.45) is 6.06. The lowest BCUT2D eigenvalue weighted by Gasteiger charge is -2.12. The van der Waals surface area contributed by atoms with Crippen LogP contribution in [0.1, 0.15) is 12.8 Å². The van der Waals surface area contributed by atoms with Gasteiger partial charge in [0.2, 0.25) is 5.91 Å². The lowest BCUT2D eigenvalue weighted by Crippen LogP contribution is -2.23. The van der Waals surface area contributed by atoms with E-state index in [1.165, 1.54) is 6.04 Å². The predicted octanol–water partition coefficient (Wildman–Crippen LogP) is 2.16. The molecule has 74 valence electrons. The Morgan fingerprint density at radius 2 is 2.23 bits per heavy atom. The van der Waals surface area contributed by atoms with Crippen LogP contribution in [0.5, 0.6) is 0 Å². The van der Waals surface area contributed by atoms with Gasteiger partial charge in [0.05, 0.1) is 0 Å². The van der Waals surface area contributed by atoms with Crippen molar-refractivity contribution >= 4 is 14.0 Å². The zero-order valence-corrected chi connectivity index (χ0v) is 9.76. The highest BCUT2D eigenvalue weighted by Gasteiger charge is 2.18. The maximum atomic E-state index is 10.9. The monoisotopic (exact) mass is 197 g/mol. The van der Waals surface area contributed by atoms with Gasteiger partial charge in [0.25, 0.3) is 0 Å². The van der Waals surface area contributed by atoms with Gasteiger partial charge in [-0.2, -0.15) is 0 Å². The Hall–Kier alpha value is -0.573. The van der Waals surface area contributed by atoms with Gasteiger partial charge in [0.15, 0.2) is 0 Å². The van der Waals surface area contributed by atoms with Crippen molar-refractivity contribution in [3.8, 4) is 0 Å². The lowest BCUT2D eigenvalue weighted by atomic mass is 10.2. The van der Waals surface area contributed by atoms with Crippen molar-refractivity contribution < 1.29 is 4.79 Å². The van der Waals surface area contributed by atoms with Crippen LogP contribution in [0.25, 0.3) is 0 Å². The molecule has 1 amide bonds. The first-order valence-electron chi connectivity index (χ1n) is 4.93. The van der Waals surface area contributed by atoms with Gasteiger partial charge in [-0.3, -0.25) is 4.79 Å². The second-order valence-electron chi connectivity index (χ2n) is 4.91. The summed E-state index contributed by atoms with van der Waals surface area (Å²) >= 11 is 0. The van der Waals surface area contributed by atoms with E-state index in [0.29, 0.717) is 12.5 Å². The van der Waals surface area contributed by atoms with Gasteiger partial charge in [0.1, 0.15) is 0 Å². The molecule has 1 aliphatic heterocycles. The Bertz CT molecular complexity index is 217. The van der Waals surface area contributed by atoms with Crippen LogP contribution in [0.3, 0.4) is 0 Å². The molecule has 0 aromatic heterocycles. The summed E-state index contributed by atoms with van der Waals surface area (Å²) in [5, 5.41) is 2.93. The number of hydrogen-bond donors (Lipinski definition) is 1. The molecule has 13 heavy (non-hydrogen) atoms. The molecule has 1 aliphatic rings. The minimum absolute atomic E-state index is 0.197. The van der Waals surface area contributed by atoms with E-state index in [0.717, 1.165) is 6.42 Å². The largest absolute Gasteiger partial charge is 0.350 e. The summed E-state index contributed by atoms with van der Waals surface area (Å²) < 4.78 is 0. The average molecular weight is 197 g/mol. The maximum absolute atomic E-state index is 10.9. The molecule has 1 fully saturated rings. The molecule has 1 atom stereocenters. The lowest BCUT2D eigenvalue weighted by molar-refractivity contribution is -0.119. The molecule has 0 spiro atoms. The Labute approximate surface area is 81.4 Å². The zero-order valence-electron chi connectivity index (χ0n) is 8.76. The van der Waals surface area contributed by atoms with Crippen molar-refractivity contribution in [1.82, 2.24) is 5.32 Å². The number of rotatable bonds is 3. The number of hydrogen-bond acceptors (Lipinski definition) is 1. The number of nitrogens with one attached hydrogen (secondary N) is 1. The zero-order chi connectivity index (χ0) is 9.90. The van der Waals surface area contributed by atoms with E-state index in [4.69, 9.17) is 0 Å². The molecule has 1 heterocycles. The van der Waals surface area contributed by atoms with Crippen molar-refractivity contribution in [3.63, 3.8) is 0 Å². The summed E-state index contributed by atoms with van der Waals surface area (Å²) in [5.74, 6) is 0.197. The molecule has 3 heteroatoms. The molecule has 0 aliphatic carbocycles. The molecule has 2 nitrogen and oxygen atoms in total. The fourth-order valence-corrected chi connectivity index (χ4v) is 2.21. The van der Waals surface area contributed by atoms with Crippen LogP contribution in [0.15, 0.2) is 12.2 Å². The third kappa shape index (κ3) is 4.27. The molecule has 0 saturated carbocycles. The van der Waals surface area contributed by atoms with E-state index in [-0.39, 0.29) is 5.91 Å². The SMILES string of the molecule is C[Si](C)(C)C/C=C/C1CCC(=O)N1. The molecular weight excluding hydrogens is 178 g/mol. The summed E-state index contributed by atoms with van der Waals surface area (Å²) in [6, 6.07) is 1.52. The molecule has 0 aromatic rings. The minimum atomic E-state index is -0.946. The van der Waals surface area contributed by atoms with Gasteiger partial charge in [-0.05, 0) is 12.5 Å². The Kier molecular flexibility index (Phi) is 3.31. The molecule has 0 radical (unpaired) electrons. The van der Waals surface area contributed by atoms with Gasteiger partial charge in [0, 0.05) is 20.5 Å². The number of amides is 1. The topological polar surface area (TPSA) is 29.1 Å². The Morgan fingerprint density at radius 3 is 2.69 bits per heavy atom. The standard InChI is InChI=1S/C10H19NOSi/c1-13(2,3)8-4-5-9-6-7-10(12)11-9/h4-5,9H,6-8H2,1-3H3,(H,11,12)/b5-4+. The molecule has 1 N–H and O–H groups in total. The van der Waals surface area contributed by atoms with Gasteiger partial charge < -0.3 is 5.32 Å². The van der Waals surface area contributed by atoms with E-state index >= 15 is 0 Å². The summed E-state index contributed by atoms with van der Waals surface area (Å²) in [5.41, 5.74) is 0. The molecular formula is C10H19NOSi. The Balaban J connectivity index is 2.29. The third-order valence-electron chi connectivity index (χ3n) is 2.13. The number of allylic oxidation sites excluding steroid dienone is 1. The first-order valence-corrected chi connectivity index (χ1v) is 8.64. The summed E-state index contributed by atoms with van der Waals surface area (Å²) in [4.78, 5) is 10.9. The molecule has 0 bridgehead atoms. The van der Waals surface area contributed by atoms with Crippen LogP contribution >= 0.6 is 0 Å². The molecule has 0 aromatic carbocycles. The normalized spacial score (nSPS) is 23.9. The van der Waals surface area contributed by atoms with Gasteiger partial charge in [-0.15, -0.1) is 0 Å². The van der Waals surface area contributed by atoms with E-state index in [1.807, 2.05) is 0 Å². The highest BCUT2D eigenvalue weighted by molar-refractivity contribution is 6.76. The van der Waals surface area contributed by atoms with E-state index < -0.39 is 8.07 Å². The fourth-order valence-electron chi connectivity index (χ4n) is 1.37. The van der Waals surface area contributed by atoms with Crippen LogP contribution in [0.2, 0.25) is 25.7 Å². The summed E-state index contributed by atoms with van der Waals surface area (Å²) in [7, 11) is -0.946. The molecule has 1 rings (SSSR count). The maximum Gasteiger partial charge on any atom is 0.220 e. The first kappa shape index (κ1) is 10.5. The van der Waals surface area contributed by atoms with Crippen molar-refractivity contribution in [1.29, 1.82) is 0 Å². The summed E-state index contributed by atoms with van der Waals surface area (Å²) in [6.45, 7) is 7.06. The van der Waals surface area contributed by atoms with Crippen LogP contribution in [-0.4, -0.2) is 20.0 Å². The van der Waals surface area contributed by atoms with Crippen molar-refractivity contribution in [2.24, 2.45) is 0 Å². The van der Waals surface area contributed by atoms with E-state index in [1.54, 1.807) is 0 Å². The van der Waals surface area contributed by atoms with Crippen LogP contribution in [0, 0.1) is 0 Å². The van der Waals surface area contributed by atoms with E-state index in [9.17, 15) is 4.79 Å². The van der Waals surface area contributed by atoms with Gasteiger partial charge in [-0.25, -0.2) is 0 Å². The average Bonchev–Trinajstić information content (AvgIpc) is 2.33. The number of carbonyl (C=O) groups is 1. The quantitative estimate of drug-likeness (QED) is 0.545. The first-order chi connectivity index (χ1) is 5.97. The Morgan fingerprint density at radius 1 is 1.54 bits per heavy atom. The third-order valence-corrected chi connectivity index (χ3v) is 3.59. The van der Waals surface area contributed by atoms with Crippen molar-refractivity contribution in [3.05, 3.63) is 12.2 Å². The van der Waals surface area contributed by atoms with Crippen molar-refractivity contribution in [2.45, 2.75) is 44.6 Å². The second kappa shape index (κ2) is 4.09. The fraction of sp³-hybridized carbons (Fsp3) is 0.700. The van der Waals surface area contributed by atoms with Gasteiger partial charge >= 0.3 is 0 Å². The van der Waals surface area contributed by atoms with Crippen molar-refractivity contribution in [2.75, 3.05) is 0 Å². The second-order valence-corrected chi connectivity index (χ2v) is 10.4. The van der Waals surface area contributed by atoms with E-state index in [2.05, 4.69) is 37.1 Å². The smallest absolute Gasteiger partial charge is 0.220 e. The highest BCUT2D eigenvalue weighted by atomic mass is 28.3. The van der Waals surface area contributed by atoms with Crippen LogP contribution in [-0.2, 0) is 4.79 Å². The predicted molar refractivity (Wildman–Crippen MR) is 58.5 cm³/mol.